The molecule has 2 aliphatic heterocycles. The van der Waals surface area contributed by atoms with Crippen molar-refractivity contribution in [3.63, 3.8) is 0 Å². The summed E-state index contributed by atoms with van der Waals surface area (Å²) < 4.78 is 5.37. The number of para-hydroxylation sites is 1. The first kappa shape index (κ1) is 18.7. The van der Waals surface area contributed by atoms with Crippen LogP contribution < -0.4 is 4.90 Å². The third kappa shape index (κ3) is 3.67. The smallest absolute Gasteiger partial charge is 0.246 e. The Morgan fingerprint density at radius 3 is 2.43 bits per heavy atom. The molecule has 2 heterocycles. The standard InChI is InChI=1S/C23H26N2O3/c1-17-15-25(21-10-6-5-9-20(21)18-7-3-2-4-8-18)22(26)16-24(17)23(27)19-11-13-28-14-12-19/h2-10,17,19H,11-16H2,1H3/t17-/m0/s1. The maximum absolute atomic E-state index is 13.0. The van der Waals surface area contributed by atoms with Crippen LogP contribution >= 0.6 is 0 Å². The summed E-state index contributed by atoms with van der Waals surface area (Å²) in [5.74, 6) is 0.0502. The van der Waals surface area contributed by atoms with Crippen molar-refractivity contribution < 1.29 is 14.3 Å². The van der Waals surface area contributed by atoms with Gasteiger partial charge in [0.15, 0.2) is 0 Å². The highest BCUT2D eigenvalue weighted by molar-refractivity contribution is 6.01. The molecular formula is C23H26N2O3. The molecule has 5 nitrogen and oxygen atoms in total. The molecule has 4 rings (SSSR count). The lowest BCUT2D eigenvalue weighted by Crippen LogP contribution is -2.58. The third-order valence-corrected chi connectivity index (χ3v) is 5.72. The van der Waals surface area contributed by atoms with Crippen LogP contribution in [0.15, 0.2) is 54.6 Å². The van der Waals surface area contributed by atoms with Gasteiger partial charge >= 0.3 is 0 Å². The Morgan fingerprint density at radius 1 is 1.00 bits per heavy atom. The second-order valence-electron chi connectivity index (χ2n) is 7.59. The second-order valence-corrected chi connectivity index (χ2v) is 7.59. The van der Waals surface area contributed by atoms with Gasteiger partial charge in [-0.15, -0.1) is 0 Å². The van der Waals surface area contributed by atoms with Gasteiger partial charge < -0.3 is 14.5 Å². The van der Waals surface area contributed by atoms with E-state index in [9.17, 15) is 9.59 Å². The minimum absolute atomic E-state index is 0.0168. The number of rotatable bonds is 3. The molecule has 28 heavy (non-hydrogen) atoms. The van der Waals surface area contributed by atoms with Crippen molar-refractivity contribution in [2.75, 3.05) is 31.2 Å². The Balaban J connectivity index is 1.56. The minimum atomic E-state index is -0.0260. The van der Waals surface area contributed by atoms with Gasteiger partial charge in [-0.3, -0.25) is 9.59 Å². The Morgan fingerprint density at radius 2 is 1.68 bits per heavy atom. The van der Waals surface area contributed by atoms with Crippen molar-refractivity contribution in [1.82, 2.24) is 4.90 Å². The zero-order chi connectivity index (χ0) is 19.5. The third-order valence-electron chi connectivity index (χ3n) is 5.72. The number of anilines is 1. The number of amides is 2. The first-order valence-corrected chi connectivity index (χ1v) is 9.98. The quantitative estimate of drug-likeness (QED) is 0.823. The molecule has 146 valence electrons. The highest BCUT2D eigenvalue weighted by Gasteiger charge is 2.37. The molecule has 0 saturated carbocycles. The van der Waals surface area contributed by atoms with Crippen LogP contribution in [0.2, 0.25) is 0 Å². The van der Waals surface area contributed by atoms with Gasteiger partial charge in [-0.25, -0.2) is 0 Å². The Hall–Kier alpha value is -2.66. The van der Waals surface area contributed by atoms with Crippen LogP contribution in [0.3, 0.4) is 0 Å². The summed E-state index contributed by atoms with van der Waals surface area (Å²) in [7, 11) is 0. The van der Waals surface area contributed by atoms with Crippen LogP contribution in [-0.4, -0.2) is 49.1 Å². The average molecular weight is 378 g/mol. The van der Waals surface area contributed by atoms with Gasteiger partial charge in [0.1, 0.15) is 6.54 Å². The van der Waals surface area contributed by atoms with Crippen LogP contribution in [0.1, 0.15) is 19.8 Å². The Kier molecular flexibility index (Phi) is 5.44. The maximum Gasteiger partial charge on any atom is 0.246 e. The molecule has 2 aliphatic rings. The van der Waals surface area contributed by atoms with E-state index in [1.54, 1.807) is 4.90 Å². The fraction of sp³-hybridized carbons (Fsp3) is 0.391. The van der Waals surface area contributed by atoms with Gasteiger partial charge in [0.05, 0.1) is 5.69 Å². The van der Waals surface area contributed by atoms with Gasteiger partial charge in [-0.1, -0.05) is 48.5 Å². The molecule has 0 aromatic heterocycles. The van der Waals surface area contributed by atoms with Crippen molar-refractivity contribution in [2.45, 2.75) is 25.8 Å². The zero-order valence-electron chi connectivity index (χ0n) is 16.2. The summed E-state index contributed by atoms with van der Waals surface area (Å²) in [4.78, 5) is 29.6. The molecule has 0 spiro atoms. The lowest BCUT2D eigenvalue weighted by atomic mass is 9.96. The van der Waals surface area contributed by atoms with E-state index in [0.717, 1.165) is 29.7 Å². The molecule has 2 aromatic carbocycles. The van der Waals surface area contributed by atoms with E-state index in [-0.39, 0.29) is 30.3 Å². The average Bonchev–Trinajstić information content (AvgIpc) is 2.76. The van der Waals surface area contributed by atoms with E-state index in [4.69, 9.17) is 4.74 Å². The van der Waals surface area contributed by atoms with Crippen molar-refractivity contribution in [1.29, 1.82) is 0 Å². The number of nitrogens with zero attached hydrogens (tertiary/aromatic N) is 2. The predicted molar refractivity (Wildman–Crippen MR) is 109 cm³/mol. The summed E-state index contributed by atoms with van der Waals surface area (Å²) in [5, 5.41) is 0. The Labute approximate surface area is 165 Å². The number of ether oxygens (including phenoxy) is 1. The number of piperazine rings is 1. The first-order chi connectivity index (χ1) is 13.6. The normalized spacial score (nSPS) is 21.0. The SMILES string of the molecule is C[C@H]1CN(c2ccccc2-c2ccccc2)C(=O)CN1C(=O)C1CCOCC1. The summed E-state index contributed by atoms with van der Waals surface area (Å²) in [5.41, 5.74) is 3.02. The fourth-order valence-electron chi connectivity index (χ4n) is 4.13. The minimum Gasteiger partial charge on any atom is -0.381 e. The van der Waals surface area contributed by atoms with Gasteiger partial charge in [0.25, 0.3) is 0 Å². The maximum atomic E-state index is 13.0. The summed E-state index contributed by atoms with van der Waals surface area (Å²) in [6.45, 7) is 3.94. The number of hydrogen-bond acceptors (Lipinski definition) is 3. The molecule has 2 amide bonds. The molecule has 0 aliphatic carbocycles. The largest absolute Gasteiger partial charge is 0.381 e. The predicted octanol–water partition coefficient (Wildman–Crippen LogP) is 3.34. The lowest BCUT2D eigenvalue weighted by Gasteiger charge is -2.41. The van der Waals surface area contributed by atoms with Crippen molar-refractivity contribution in [3.05, 3.63) is 54.6 Å². The van der Waals surface area contributed by atoms with Crippen LogP contribution in [0.5, 0.6) is 0 Å². The topological polar surface area (TPSA) is 49.9 Å². The zero-order valence-corrected chi connectivity index (χ0v) is 16.2. The van der Waals surface area contributed by atoms with Gasteiger partial charge in [-0.2, -0.15) is 0 Å². The van der Waals surface area contributed by atoms with Crippen molar-refractivity contribution >= 4 is 17.5 Å². The van der Waals surface area contributed by atoms with Crippen LogP contribution in [0.25, 0.3) is 11.1 Å². The van der Waals surface area contributed by atoms with Gasteiger partial charge in [0.2, 0.25) is 11.8 Å². The summed E-state index contributed by atoms with van der Waals surface area (Å²) in [6.07, 6.45) is 1.49. The number of benzene rings is 2. The van der Waals surface area contributed by atoms with Gasteiger partial charge in [-0.05, 0) is 31.4 Å². The lowest BCUT2D eigenvalue weighted by molar-refractivity contribution is -0.145. The number of carbonyl (C=O) groups is 2. The number of carbonyl (C=O) groups excluding carboxylic acids is 2. The summed E-state index contributed by atoms with van der Waals surface area (Å²) >= 11 is 0. The van der Waals surface area contributed by atoms with E-state index in [1.165, 1.54) is 0 Å². The fourth-order valence-corrected chi connectivity index (χ4v) is 4.13. The molecule has 0 unspecified atom stereocenters. The van der Waals surface area contributed by atoms with Crippen molar-refractivity contribution in [2.24, 2.45) is 5.92 Å². The highest BCUT2D eigenvalue weighted by Crippen LogP contribution is 2.33. The van der Waals surface area contributed by atoms with E-state index >= 15 is 0 Å². The van der Waals surface area contributed by atoms with Crippen LogP contribution in [-0.2, 0) is 14.3 Å². The Bertz CT molecular complexity index is 846. The molecule has 1 atom stereocenters. The molecule has 2 saturated heterocycles. The van der Waals surface area contributed by atoms with E-state index < -0.39 is 0 Å². The summed E-state index contributed by atoms with van der Waals surface area (Å²) in [6, 6.07) is 18.1. The molecule has 2 fully saturated rings. The van der Waals surface area contributed by atoms with E-state index in [1.807, 2.05) is 54.3 Å². The molecular weight excluding hydrogens is 352 g/mol. The second kappa shape index (κ2) is 8.15. The van der Waals surface area contributed by atoms with E-state index in [2.05, 4.69) is 12.1 Å². The van der Waals surface area contributed by atoms with E-state index in [0.29, 0.717) is 19.8 Å². The molecule has 2 aromatic rings. The van der Waals surface area contributed by atoms with Crippen molar-refractivity contribution in [3.8, 4) is 11.1 Å². The van der Waals surface area contributed by atoms with Gasteiger partial charge in [0, 0.05) is 37.3 Å². The highest BCUT2D eigenvalue weighted by atomic mass is 16.5. The first-order valence-electron chi connectivity index (χ1n) is 9.98. The monoisotopic (exact) mass is 378 g/mol. The molecule has 0 radical (unpaired) electrons. The molecule has 0 N–H and O–H groups in total. The van der Waals surface area contributed by atoms with Crippen LogP contribution in [0, 0.1) is 5.92 Å². The molecule has 5 heteroatoms. The number of hydrogen-bond donors (Lipinski definition) is 0. The van der Waals surface area contributed by atoms with Crippen LogP contribution in [0.4, 0.5) is 5.69 Å². The molecule has 0 bridgehead atoms.